The highest BCUT2D eigenvalue weighted by Crippen LogP contribution is 2.29. The van der Waals surface area contributed by atoms with Gasteiger partial charge in [-0.05, 0) is 12.1 Å². The van der Waals surface area contributed by atoms with Crippen molar-refractivity contribution in [1.29, 1.82) is 0 Å². The van der Waals surface area contributed by atoms with E-state index in [9.17, 15) is 23.6 Å². The van der Waals surface area contributed by atoms with E-state index in [2.05, 4.69) is 0 Å². The number of aromatic hydroxyl groups is 1. The highest BCUT2D eigenvalue weighted by atomic mass is 32.2. The van der Waals surface area contributed by atoms with Crippen LogP contribution in [0.4, 0.5) is 5.69 Å². The molecule has 1 aromatic carbocycles. The van der Waals surface area contributed by atoms with Gasteiger partial charge in [0, 0.05) is 19.2 Å². The molecule has 106 valence electrons. The molecule has 0 aliphatic heterocycles. The molecule has 0 fully saturated rings. The van der Waals surface area contributed by atoms with E-state index in [1.165, 1.54) is 0 Å². The van der Waals surface area contributed by atoms with Gasteiger partial charge in [0.1, 0.15) is 0 Å². The summed E-state index contributed by atoms with van der Waals surface area (Å²) in [6, 6.07) is 2.83. The van der Waals surface area contributed by atoms with E-state index in [1.54, 1.807) is 6.92 Å². The van der Waals surface area contributed by atoms with Crippen LogP contribution in [0.2, 0.25) is 0 Å². The van der Waals surface area contributed by atoms with Crippen LogP contribution in [0.25, 0.3) is 0 Å². The predicted molar refractivity (Wildman–Crippen MR) is 66.3 cm³/mol. The summed E-state index contributed by atoms with van der Waals surface area (Å²) >= 11 is 0. The fourth-order valence-electron chi connectivity index (χ4n) is 1.52. The Morgan fingerprint density at radius 3 is 2.53 bits per heavy atom. The van der Waals surface area contributed by atoms with E-state index in [1.807, 2.05) is 0 Å². The SMILES string of the molecule is CCN(CCO)S(=O)(=O)c1ccc(O)c([N+](=O)[O-])c1. The molecular formula is C10H14N2O6S. The molecule has 9 heteroatoms. The number of hydrogen-bond donors (Lipinski definition) is 2. The maximum Gasteiger partial charge on any atom is 0.312 e. The molecule has 1 rings (SSSR count). The van der Waals surface area contributed by atoms with Gasteiger partial charge in [-0.25, -0.2) is 8.42 Å². The Hall–Kier alpha value is -1.71. The van der Waals surface area contributed by atoms with E-state index in [0.29, 0.717) is 0 Å². The monoisotopic (exact) mass is 290 g/mol. The number of nitro benzene ring substituents is 1. The summed E-state index contributed by atoms with van der Waals surface area (Å²) in [5.74, 6) is -0.603. The number of nitro groups is 1. The first-order chi connectivity index (χ1) is 8.84. The second-order valence-electron chi connectivity index (χ2n) is 3.63. The first kappa shape index (κ1) is 15.3. The molecule has 0 spiro atoms. The van der Waals surface area contributed by atoms with Crippen molar-refractivity contribution < 1.29 is 23.6 Å². The van der Waals surface area contributed by atoms with E-state index >= 15 is 0 Å². The normalized spacial score (nSPS) is 11.7. The summed E-state index contributed by atoms with van der Waals surface area (Å²) in [6.45, 7) is 1.25. The number of likely N-dealkylation sites (N-methyl/N-ethyl adjacent to an activating group) is 1. The van der Waals surface area contributed by atoms with Crippen LogP contribution >= 0.6 is 0 Å². The third-order valence-corrected chi connectivity index (χ3v) is 4.45. The summed E-state index contributed by atoms with van der Waals surface area (Å²) in [6.07, 6.45) is 0. The number of hydrogen-bond acceptors (Lipinski definition) is 6. The fourth-order valence-corrected chi connectivity index (χ4v) is 2.98. The Kier molecular flexibility index (Phi) is 4.81. The van der Waals surface area contributed by atoms with Crippen molar-refractivity contribution in [2.24, 2.45) is 0 Å². The Morgan fingerprint density at radius 1 is 1.42 bits per heavy atom. The van der Waals surface area contributed by atoms with Crippen LogP contribution in [0.15, 0.2) is 23.1 Å². The van der Waals surface area contributed by atoms with Crippen LogP contribution in [0.5, 0.6) is 5.75 Å². The van der Waals surface area contributed by atoms with Crippen LogP contribution < -0.4 is 0 Å². The van der Waals surface area contributed by atoms with Gasteiger partial charge in [-0.3, -0.25) is 10.1 Å². The van der Waals surface area contributed by atoms with Crippen molar-refractivity contribution >= 4 is 15.7 Å². The number of rotatable bonds is 6. The quantitative estimate of drug-likeness (QED) is 0.574. The van der Waals surface area contributed by atoms with E-state index in [4.69, 9.17) is 5.11 Å². The molecule has 0 saturated carbocycles. The summed E-state index contributed by atoms with van der Waals surface area (Å²) in [5.41, 5.74) is -0.680. The molecule has 0 unspecified atom stereocenters. The van der Waals surface area contributed by atoms with Gasteiger partial charge in [0.25, 0.3) is 0 Å². The largest absolute Gasteiger partial charge is 0.502 e. The van der Waals surface area contributed by atoms with Crippen molar-refractivity contribution in [3.8, 4) is 5.75 Å². The molecule has 1 aromatic rings. The van der Waals surface area contributed by atoms with Crippen molar-refractivity contribution in [3.63, 3.8) is 0 Å². The fraction of sp³-hybridized carbons (Fsp3) is 0.400. The van der Waals surface area contributed by atoms with E-state index < -0.39 is 26.4 Å². The number of aliphatic hydroxyl groups is 1. The van der Waals surface area contributed by atoms with Crippen LogP contribution in [-0.4, -0.2) is 47.6 Å². The summed E-state index contributed by atoms with van der Waals surface area (Å²) in [4.78, 5) is 9.50. The molecule has 0 amide bonds. The Balaban J connectivity index is 3.29. The highest BCUT2D eigenvalue weighted by molar-refractivity contribution is 7.89. The zero-order valence-electron chi connectivity index (χ0n) is 10.2. The standard InChI is InChI=1S/C10H14N2O6S/c1-2-11(5-6-13)19(17,18)8-3-4-10(14)9(7-8)12(15)16/h3-4,7,13-14H,2,5-6H2,1H3. The molecule has 19 heavy (non-hydrogen) atoms. The minimum Gasteiger partial charge on any atom is -0.502 e. The number of benzene rings is 1. The van der Waals surface area contributed by atoms with Gasteiger partial charge in [0.2, 0.25) is 10.0 Å². The molecule has 0 bridgehead atoms. The first-order valence-electron chi connectivity index (χ1n) is 5.43. The van der Waals surface area contributed by atoms with Crippen LogP contribution in [0, 0.1) is 10.1 Å². The lowest BCUT2D eigenvalue weighted by Gasteiger charge is -2.19. The molecule has 0 saturated heterocycles. The third-order valence-electron chi connectivity index (χ3n) is 2.48. The van der Waals surface area contributed by atoms with Gasteiger partial charge in [-0.1, -0.05) is 6.92 Å². The van der Waals surface area contributed by atoms with Gasteiger partial charge in [0.05, 0.1) is 16.4 Å². The maximum atomic E-state index is 12.2. The summed E-state index contributed by atoms with van der Waals surface area (Å²) in [7, 11) is -3.93. The zero-order valence-corrected chi connectivity index (χ0v) is 11.0. The lowest BCUT2D eigenvalue weighted by molar-refractivity contribution is -0.386. The van der Waals surface area contributed by atoms with E-state index in [-0.39, 0.29) is 24.6 Å². The highest BCUT2D eigenvalue weighted by Gasteiger charge is 2.26. The molecule has 0 aliphatic rings. The van der Waals surface area contributed by atoms with Crippen LogP contribution in [0.1, 0.15) is 6.92 Å². The maximum absolute atomic E-state index is 12.2. The molecule has 2 N–H and O–H groups in total. The second-order valence-corrected chi connectivity index (χ2v) is 5.57. The number of sulfonamides is 1. The molecule has 0 atom stereocenters. The molecular weight excluding hydrogens is 276 g/mol. The Morgan fingerprint density at radius 2 is 2.05 bits per heavy atom. The second kappa shape index (κ2) is 5.95. The summed E-state index contributed by atoms with van der Waals surface area (Å²) in [5, 5.41) is 28.8. The smallest absolute Gasteiger partial charge is 0.312 e. The van der Waals surface area contributed by atoms with Gasteiger partial charge >= 0.3 is 5.69 Å². The molecule has 8 nitrogen and oxygen atoms in total. The average Bonchev–Trinajstić information content (AvgIpc) is 2.35. The average molecular weight is 290 g/mol. The van der Waals surface area contributed by atoms with Crippen molar-refractivity contribution in [2.75, 3.05) is 19.7 Å². The van der Waals surface area contributed by atoms with Crippen LogP contribution in [-0.2, 0) is 10.0 Å². The molecule has 0 radical (unpaired) electrons. The van der Waals surface area contributed by atoms with Crippen molar-refractivity contribution in [1.82, 2.24) is 4.31 Å². The number of nitrogens with zero attached hydrogens (tertiary/aromatic N) is 2. The van der Waals surface area contributed by atoms with Crippen molar-refractivity contribution in [2.45, 2.75) is 11.8 Å². The molecule has 0 heterocycles. The minimum absolute atomic E-state index is 0.104. The minimum atomic E-state index is -3.93. The van der Waals surface area contributed by atoms with Crippen molar-refractivity contribution in [3.05, 3.63) is 28.3 Å². The zero-order chi connectivity index (χ0) is 14.6. The molecule has 0 aliphatic carbocycles. The Bertz CT molecular complexity index is 571. The van der Waals surface area contributed by atoms with Gasteiger partial charge in [-0.15, -0.1) is 0 Å². The lowest BCUT2D eigenvalue weighted by Crippen LogP contribution is -2.33. The van der Waals surface area contributed by atoms with Crippen LogP contribution in [0.3, 0.4) is 0 Å². The third kappa shape index (κ3) is 3.19. The topological polar surface area (TPSA) is 121 Å². The predicted octanol–water partition coefficient (Wildman–Crippen LogP) is 0.303. The van der Waals surface area contributed by atoms with Gasteiger partial charge < -0.3 is 10.2 Å². The lowest BCUT2D eigenvalue weighted by atomic mass is 10.3. The van der Waals surface area contributed by atoms with E-state index in [0.717, 1.165) is 22.5 Å². The summed E-state index contributed by atoms with van der Waals surface area (Å²) < 4.78 is 25.3. The first-order valence-corrected chi connectivity index (χ1v) is 6.87. The number of aliphatic hydroxyl groups excluding tert-OH is 1. The van der Waals surface area contributed by atoms with Gasteiger partial charge in [-0.2, -0.15) is 4.31 Å². The van der Waals surface area contributed by atoms with Gasteiger partial charge in [0.15, 0.2) is 5.75 Å². The molecule has 0 aromatic heterocycles. The number of phenols is 1. The Labute approximate surface area is 110 Å². The number of phenolic OH excluding ortho intramolecular Hbond substituents is 1.